The number of hydrogen-bond donors (Lipinski definition) is 0. The first-order valence-electron chi connectivity index (χ1n) is 5.32. The number of alkyl halides is 4. The lowest BCUT2D eigenvalue weighted by molar-refractivity contribution is -0.131. The maximum atomic E-state index is 12.3. The van der Waals surface area contributed by atoms with Crippen LogP contribution in [0.3, 0.4) is 0 Å². The molecule has 1 fully saturated rings. The molecule has 1 rings (SSSR count). The zero-order chi connectivity index (χ0) is 11.5. The first-order valence-corrected chi connectivity index (χ1v) is 6.24. The summed E-state index contributed by atoms with van der Waals surface area (Å²) in [6.45, 7) is 0.0498. The van der Waals surface area contributed by atoms with Crippen LogP contribution in [0.15, 0.2) is 0 Å². The summed E-state index contributed by atoms with van der Waals surface area (Å²) in [7, 11) is 1.79. The summed E-state index contributed by atoms with van der Waals surface area (Å²) in [4.78, 5) is 0.434. The average Bonchev–Trinajstić information content (AvgIpc) is 2.17. The number of nitrogens with zero attached hydrogens (tertiary/aromatic N) is 1. The van der Waals surface area contributed by atoms with E-state index in [1.807, 2.05) is 4.90 Å². The van der Waals surface area contributed by atoms with Gasteiger partial charge in [0.25, 0.3) is 0 Å². The highest BCUT2D eigenvalue weighted by molar-refractivity contribution is 9.09. The molecule has 0 amide bonds. The lowest BCUT2D eigenvalue weighted by Crippen LogP contribution is -2.41. The van der Waals surface area contributed by atoms with Crippen molar-refractivity contribution in [2.75, 3.05) is 13.6 Å². The summed E-state index contributed by atoms with van der Waals surface area (Å²) in [6.07, 6.45) is 1.45. The molecule has 5 heteroatoms. The van der Waals surface area contributed by atoms with Crippen molar-refractivity contribution in [3.63, 3.8) is 0 Å². The Labute approximate surface area is 97.1 Å². The van der Waals surface area contributed by atoms with Crippen LogP contribution in [0.1, 0.15) is 32.1 Å². The Balaban J connectivity index is 2.36. The van der Waals surface area contributed by atoms with Gasteiger partial charge in [-0.25, -0.2) is 0 Å². The van der Waals surface area contributed by atoms with E-state index in [1.165, 1.54) is 6.42 Å². The van der Waals surface area contributed by atoms with Gasteiger partial charge in [0, 0.05) is 12.6 Å². The normalized spacial score (nSPS) is 22.0. The van der Waals surface area contributed by atoms with E-state index in [1.54, 1.807) is 7.05 Å². The third-order valence-electron chi connectivity index (χ3n) is 3.00. The predicted molar refractivity (Wildman–Crippen MR) is 58.3 cm³/mol. The second-order valence-electron chi connectivity index (χ2n) is 4.24. The van der Waals surface area contributed by atoms with Crippen LogP contribution in [-0.2, 0) is 0 Å². The number of halogens is 4. The molecule has 90 valence electrons. The topological polar surface area (TPSA) is 3.24 Å². The Morgan fingerprint density at radius 1 is 1.27 bits per heavy atom. The zero-order valence-electron chi connectivity index (χ0n) is 8.86. The zero-order valence-corrected chi connectivity index (χ0v) is 10.4. The summed E-state index contributed by atoms with van der Waals surface area (Å²) in [5.41, 5.74) is 0. The third-order valence-corrected chi connectivity index (χ3v) is 3.81. The van der Waals surface area contributed by atoms with Crippen molar-refractivity contribution < 1.29 is 13.2 Å². The van der Waals surface area contributed by atoms with E-state index in [0.717, 1.165) is 25.7 Å². The first-order chi connectivity index (χ1) is 6.91. The van der Waals surface area contributed by atoms with Gasteiger partial charge in [0.2, 0.25) is 0 Å². The van der Waals surface area contributed by atoms with E-state index in [2.05, 4.69) is 15.9 Å². The Kier molecular flexibility index (Phi) is 4.90. The molecule has 1 unspecified atom stereocenters. The van der Waals surface area contributed by atoms with E-state index in [9.17, 15) is 13.2 Å². The van der Waals surface area contributed by atoms with E-state index in [0.29, 0.717) is 6.04 Å². The molecule has 15 heavy (non-hydrogen) atoms. The minimum atomic E-state index is -4.14. The second kappa shape index (κ2) is 5.53. The maximum absolute atomic E-state index is 12.3. The Hall–Kier alpha value is 0.230. The van der Waals surface area contributed by atoms with Crippen LogP contribution >= 0.6 is 15.9 Å². The molecule has 0 aromatic rings. The molecular formula is C10H17BrF3N. The molecule has 1 aliphatic rings. The van der Waals surface area contributed by atoms with Gasteiger partial charge in [0.15, 0.2) is 0 Å². The van der Waals surface area contributed by atoms with Crippen molar-refractivity contribution in [1.82, 2.24) is 4.90 Å². The van der Waals surface area contributed by atoms with Gasteiger partial charge in [-0.05, 0) is 19.9 Å². The number of hydrogen-bond acceptors (Lipinski definition) is 1. The van der Waals surface area contributed by atoms with E-state index >= 15 is 0 Å². The van der Waals surface area contributed by atoms with Crippen molar-refractivity contribution in [3.05, 3.63) is 0 Å². The van der Waals surface area contributed by atoms with Crippen molar-refractivity contribution in [3.8, 4) is 0 Å². The highest BCUT2D eigenvalue weighted by atomic mass is 79.9. The van der Waals surface area contributed by atoms with Crippen LogP contribution in [0.25, 0.3) is 0 Å². The molecule has 0 spiro atoms. The summed E-state index contributed by atoms with van der Waals surface area (Å²) < 4.78 is 36.9. The summed E-state index contributed by atoms with van der Waals surface area (Å²) >= 11 is 2.70. The fourth-order valence-electron chi connectivity index (χ4n) is 2.03. The number of rotatable bonds is 3. The van der Waals surface area contributed by atoms with Crippen molar-refractivity contribution in [2.45, 2.75) is 49.1 Å². The monoisotopic (exact) mass is 287 g/mol. The fourth-order valence-corrected chi connectivity index (χ4v) is 2.48. The smallest absolute Gasteiger partial charge is 0.302 e. The molecule has 0 aromatic heterocycles. The molecule has 0 radical (unpaired) electrons. The molecule has 0 heterocycles. The quantitative estimate of drug-likeness (QED) is 0.717. The van der Waals surface area contributed by atoms with Crippen LogP contribution in [0.2, 0.25) is 0 Å². The molecule has 1 aliphatic carbocycles. The molecule has 0 bridgehead atoms. The van der Waals surface area contributed by atoms with Crippen molar-refractivity contribution in [1.29, 1.82) is 0 Å². The van der Waals surface area contributed by atoms with Crippen molar-refractivity contribution in [2.24, 2.45) is 0 Å². The minimum Gasteiger partial charge on any atom is -0.302 e. The van der Waals surface area contributed by atoms with Crippen LogP contribution < -0.4 is 0 Å². The summed E-state index contributed by atoms with van der Waals surface area (Å²) in [5, 5.41) is 0. The lowest BCUT2D eigenvalue weighted by atomic mass is 9.94. The van der Waals surface area contributed by atoms with Crippen LogP contribution in [0.5, 0.6) is 0 Å². The molecule has 0 aliphatic heterocycles. The Bertz CT molecular complexity index is 190. The van der Waals surface area contributed by atoms with Gasteiger partial charge in [-0.15, -0.1) is 0 Å². The van der Waals surface area contributed by atoms with Crippen LogP contribution in [-0.4, -0.2) is 35.5 Å². The molecule has 1 saturated carbocycles. The second-order valence-corrected chi connectivity index (χ2v) is 5.35. The highest BCUT2D eigenvalue weighted by Gasteiger charge is 2.38. The van der Waals surface area contributed by atoms with Crippen molar-refractivity contribution >= 4 is 15.9 Å². The van der Waals surface area contributed by atoms with Gasteiger partial charge in [-0.1, -0.05) is 35.2 Å². The minimum absolute atomic E-state index is 0.0498. The summed E-state index contributed by atoms with van der Waals surface area (Å²) in [5.74, 6) is 0. The maximum Gasteiger partial charge on any atom is 0.402 e. The molecule has 0 saturated heterocycles. The van der Waals surface area contributed by atoms with Gasteiger partial charge in [-0.3, -0.25) is 0 Å². The summed E-state index contributed by atoms with van der Waals surface area (Å²) in [6, 6.07) is 0.334. The Morgan fingerprint density at radius 2 is 1.80 bits per heavy atom. The van der Waals surface area contributed by atoms with Crippen LogP contribution in [0, 0.1) is 0 Å². The molecule has 1 nitrogen and oxygen atoms in total. The van der Waals surface area contributed by atoms with Gasteiger partial charge < -0.3 is 4.90 Å². The Morgan fingerprint density at radius 3 is 2.27 bits per heavy atom. The third kappa shape index (κ3) is 4.31. The standard InChI is InChI=1S/C10H17BrF3N/c1-15(7-9(11)10(12,13)14)8-5-3-2-4-6-8/h8-9H,2-7H2,1H3. The highest BCUT2D eigenvalue weighted by Crippen LogP contribution is 2.29. The van der Waals surface area contributed by atoms with Gasteiger partial charge >= 0.3 is 6.18 Å². The van der Waals surface area contributed by atoms with Crippen LogP contribution in [0.4, 0.5) is 13.2 Å². The molecule has 0 N–H and O–H groups in total. The lowest BCUT2D eigenvalue weighted by Gasteiger charge is -2.32. The molecular weight excluding hydrogens is 271 g/mol. The fraction of sp³-hybridized carbons (Fsp3) is 1.00. The molecule has 1 atom stereocenters. The first kappa shape index (κ1) is 13.3. The largest absolute Gasteiger partial charge is 0.402 e. The predicted octanol–water partition coefficient (Wildman–Crippen LogP) is 3.58. The average molecular weight is 288 g/mol. The van der Waals surface area contributed by atoms with E-state index < -0.39 is 11.0 Å². The van der Waals surface area contributed by atoms with Gasteiger partial charge in [-0.2, -0.15) is 13.2 Å². The SMILES string of the molecule is CN(CC(Br)C(F)(F)F)C1CCCCC1. The van der Waals surface area contributed by atoms with E-state index in [-0.39, 0.29) is 6.54 Å². The molecule has 0 aromatic carbocycles. The van der Waals surface area contributed by atoms with Gasteiger partial charge in [0.05, 0.1) is 0 Å². The van der Waals surface area contributed by atoms with Gasteiger partial charge in [0.1, 0.15) is 4.83 Å². The van der Waals surface area contributed by atoms with E-state index in [4.69, 9.17) is 0 Å².